The summed E-state index contributed by atoms with van der Waals surface area (Å²) in [5.41, 5.74) is 1.79. The minimum Gasteiger partial charge on any atom is -0.307 e. The van der Waals surface area contributed by atoms with Gasteiger partial charge in [0.15, 0.2) is 0 Å². The molecular formula is C18H29N. The molecule has 1 aliphatic rings. The van der Waals surface area contributed by atoms with Gasteiger partial charge in [-0.15, -0.1) is 0 Å². The molecule has 0 amide bonds. The molecule has 1 nitrogen and oxygen atoms in total. The molecule has 19 heavy (non-hydrogen) atoms. The topological polar surface area (TPSA) is 12.0 Å². The molecule has 0 heterocycles. The normalized spacial score (nSPS) is 19.8. The van der Waals surface area contributed by atoms with Crippen molar-refractivity contribution in [2.24, 2.45) is 11.3 Å². The van der Waals surface area contributed by atoms with Crippen LogP contribution < -0.4 is 5.32 Å². The number of hydrogen-bond acceptors (Lipinski definition) is 1. The smallest absolute Gasteiger partial charge is 0.0327 e. The van der Waals surface area contributed by atoms with Crippen molar-refractivity contribution in [3.05, 3.63) is 35.9 Å². The molecule has 1 aromatic carbocycles. The molecule has 106 valence electrons. The van der Waals surface area contributed by atoms with E-state index in [9.17, 15) is 0 Å². The van der Waals surface area contributed by atoms with Crippen LogP contribution in [0.1, 0.15) is 65.0 Å². The quantitative estimate of drug-likeness (QED) is 0.789. The lowest BCUT2D eigenvalue weighted by Gasteiger charge is -2.36. The van der Waals surface area contributed by atoms with Crippen molar-refractivity contribution in [1.82, 2.24) is 5.32 Å². The van der Waals surface area contributed by atoms with E-state index in [1.165, 1.54) is 31.2 Å². The molecule has 1 saturated carbocycles. The van der Waals surface area contributed by atoms with Crippen LogP contribution in [0.3, 0.4) is 0 Å². The Balaban J connectivity index is 2.05. The van der Waals surface area contributed by atoms with Gasteiger partial charge in [-0.3, -0.25) is 0 Å². The van der Waals surface area contributed by atoms with E-state index in [2.05, 4.69) is 63.3 Å². The SMILES string of the molecule is CC(NC(CC(C)(C)C)c1ccccc1)C1CCC1. The van der Waals surface area contributed by atoms with Gasteiger partial charge in [-0.05, 0) is 43.1 Å². The van der Waals surface area contributed by atoms with Gasteiger partial charge in [0.1, 0.15) is 0 Å². The lowest BCUT2D eigenvalue weighted by Crippen LogP contribution is -2.40. The van der Waals surface area contributed by atoms with Gasteiger partial charge in [0.25, 0.3) is 0 Å². The Morgan fingerprint density at radius 2 is 1.79 bits per heavy atom. The summed E-state index contributed by atoms with van der Waals surface area (Å²) >= 11 is 0. The zero-order valence-electron chi connectivity index (χ0n) is 12.9. The Kier molecular flexibility index (Phi) is 4.67. The number of nitrogens with one attached hydrogen (secondary N) is 1. The van der Waals surface area contributed by atoms with Crippen LogP contribution in [-0.2, 0) is 0 Å². The van der Waals surface area contributed by atoms with Gasteiger partial charge >= 0.3 is 0 Å². The first-order chi connectivity index (χ1) is 8.96. The number of benzene rings is 1. The first kappa shape index (κ1) is 14.6. The van der Waals surface area contributed by atoms with Crippen molar-refractivity contribution >= 4 is 0 Å². The van der Waals surface area contributed by atoms with E-state index >= 15 is 0 Å². The minimum absolute atomic E-state index is 0.354. The third-order valence-electron chi connectivity index (χ3n) is 4.34. The highest BCUT2D eigenvalue weighted by Gasteiger charge is 2.27. The summed E-state index contributed by atoms with van der Waals surface area (Å²) in [6.07, 6.45) is 5.43. The van der Waals surface area contributed by atoms with Crippen LogP contribution in [-0.4, -0.2) is 6.04 Å². The molecule has 2 atom stereocenters. The van der Waals surface area contributed by atoms with Crippen LogP contribution in [0, 0.1) is 11.3 Å². The minimum atomic E-state index is 0.354. The Hall–Kier alpha value is -0.820. The molecule has 1 aliphatic carbocycles. The van der Waals surface area contributed by atoms with Crippen molar-refractivity contribution in [2.45, 2.75) is 65.5 Å². The van der Waals surface area contributed by atoms with E-state index in [-0.39, 0.29) is 0 Å². The Bertz CT molecular complexity index is 372. The van der Waals surface area contributed by atoms with Crippen molar-refractivity contribution in [3.63, 3.8) is 0 Å². The summed E-state index contributed by atoms with van der Waals surface area (Å²) in [6.45, 7) is 9.36. The summed E-state index contributed by atoms with van der Waals surface area (Å²) in [5, 5.41) is 3.89. The van der Waals surface area contributed by atoms with Crippen LogP contribution in [0.15, 0.2) is 30.3 Å². The fourth-order valence-corrected chi connectivity index (χ4v) is 2.96. The molecule has 0 aliphatic heterocycles. The molecule has 0 aromatic heterocycles. The largest absolute Gasteiger partial charge is 0.307 e. The third-order valence-corrected chi connectivity index (χ3v) is 4.34. The summed E-state index contributed by atoms with van der Waals surface area (Å²) < 4.78 is 0. The maximum atomic E-state index is 3.89. The highest BCUT2D eigenvalue weighted by atomic mass is 15.0. The Labute approximate surface area is 118 Å². The Morgan fingerprint density at radius 3 is 2.26 bits per heavy atom. The van der Waals surface area contributed by atoms with E-state index in [1.807, 2.05) is 0 Å². The van der Waals surface area contributed by atoms with Crippen molar-refractivity contribution < 1.29 is 0 Å². The fourth-order valence-electron chi connectivity index (χ4n) is 2.96. The van der Waals surface area contributed by atoms with Gasteiger partial charge < -0.3 is 5.32 Å². The number of hydrogen-bond donors (Lipinski definition) is 1. The molecule has 1 fully saturated rings. The van der Waals surface area contributed by atoms with Crippen molar-refractivity contribution in [1.29, 1.82) is 0 Å². The molecular weight excluding hydrogens is 230 g/mol. The molecule has 0 saturated heterocycles. The molecule has 2 rings (SSSR count). The Morgan fingerprint density at radius 1 is 1.16 bits per heavy atom. The molecule has 1 aromatic rings. The lowest BCUT2D eigenvalue weighted by molar-refractivity contribution is 0.207. The highest BCUT2D eigenvalue weighted by Crippen LogP contribution is 2.34. The van der Waals surface area contributed by atoms with Gasteiger partial charge in [-0.25, -0.2) is 0 Å². The van der Waals surface area contributed by atoms with Crippen molar-refractivity contribution in [2.75, 3.05) is 0 Å². The standard InChI is InChI=1S/C18H29N/c1-14(15-11-8-12-15)19-17(13-18(2,3)4)16-9-6-5-7-10-16/h5-7,9-10,14-15,17,19H,8,11-13H2,1-4H3. The van der Waals surface area contributed by atoms with Gasteiger partial charge in [0.2, 0.25) is 0 Å². The van der Waals surface area contributed by atoms with Crippen molar-refractivity contribution in [3.8, 4) is 0 Å². The second-order valence-electron chi connectivity index (χ2n) is 7.37. The predicted molar refractivity (Wildman–Crippen MR) is 83.2 cm³/mol. The maximum absolute atomic E-state index is 3.89. The molecule has 2 unspecified atom stereocenters. The van der Waals surface area contributed by atoms with Gasteiger partial charge in [-0.1, -0.05) is 57.5 Å². The van der Waals surface area contributed by atoms with Crippen LogP contribution >= 0.6 is 0 Å². The van der Waals surface area contributed by atoms with Crippen LogP contribution in [0.2, 0.25) is 0 Å². The zero-order chi connectivity index (χ0) is 13.9. The molecule has 0 spiro atoms. The number of rotatable bonds is 5. The second-order valence-corrected chi connectivity index (χ2v) is 7.37. The van der Waals surface area contributed by atoms with Gasteiger partial charge in [0.05, 0.1) is 0 Å². The van der Waals surface area contributed by atoms with E-state index < -0.39 is 0 Å². The first-order valence-electron chi connectivity index (χ1n) is 7.77. The lowest BCUT2D eigenvalue weighted by atomic mass is 9.79. The predicted octanol–water partition coefficient (Wildman–Crippen LogP) is 4.94. The molecule has 0 radical (unpaired) electrons. The zero-order valence-corrected chi connectivity index (χ0v) is 12.9. The monoisotopic (exact) mass is 259 g/mol. The summed E-state index contributed by atoms with van der Waals surface area (Å²) in [5.74, 6) is 0.895. The highest BCUT2D eigenvalue weighted by molar-refractivity contribution is 5.19. The second kappa shape index (κ2) is 6.09. The summed E-state index contributed by atoms with van der Waals surface area (Å²) in [4.78, 5) is 0. The average Bonchev–Trinajstić information content (AvgIpc) is 2.25. The molecule has 0 bridgehead atoms. The van der Waals surface area contributed by atoms with Crippen LogP contribution in [0.25, 0.3) is 0 Å². The van der Waals surface area contributed by atoms with Gasteiger partial charge in [0, 0.05) is 12.1 Å². The van der Waals surface area contributed by atoms with E-state index in [1.54, 1.807) is 0 Å². The first-order valence-corrected chi connectivity index (χ1v) is 7.77. The third kappa shape index (κ3) is 4.35. The van der Waals surface area contributed by atoms with E-state index in [0.29, 0.717) is 17.5 Å². The van der Waals surface area contributed by atoms with Crippen LogP contribution in [0.5, 0.6) is 0 Å². The fraction of sp³-hybridized carbons (Fsp3) is 0.667. The van der Waals surface area contributed by atoms with E-state index in [0.717, 1.165) is 5.92 Å². The van der Waals surface area contributed by atoms with Gasteiger partial charge in [-0.2, -0.15) is 0 Å². The molecule has 1 N–H and O–H groups in total. The van der Waals surface area contributed by atoms with E-state index in [4.69, 9.17) is 0 Å². The summed E-state index contributed by atoms with van der Waals surface area (Å²) in [7, 11) is 0. The summed E-state index contributed by atoms with van der Waals surface area (Å²) in [6, 6.07) is 12.1. The average molecular weight is 259 g/mol. The van der Waals surface area contributed by atoms with Crippen LogP contribution in [0.4, 0.5) is 0 Å². The molecule has 1 heteroatoms. The maximum Gasteiger partial charge on any atom is 0.0327 e.